The monoisotopic (exact) mass is 311 g/mol. The summed E-state index contributed by atoms with van der Waals surface area (Å²) in [5.74, 6) is -0.456. The smallest absolute Gasteiger partial charge is 0.245 e. The van der Waals surface area contributed by atoms with Gasteiger partial charge in [0.05, 0.1) is 6.10 Å². The highest BCUT2D eigenvalue weighted by atomic mass is 16.5. The fourth-order valence-corrected chi connectivity index (χ4v) is 3.17. The Morgan fingerprint density at radius 1 is 1.18 bits per heavy atom. The van der Waals surface area contributed by atoms with E-state index in [-0.39, 0.29) is 30.6 Å². The van der Waals surface area contributed by atoms with Crippen molar-refractivity contribution in [3.8, 4) is 0 Å². The lowest BCUT2D eigenvalue weighted by atomic mass is 10.0. The number of hydrogen-bond acceptors (Lipinski definition) is 4. The van der Waals surface area contributed by atoms with E-state index in [1.54, 1.807) is 9.80 Å². The van der Waals surface area contributed by atoms with Crippen LogP contribution in [0.25, 0.3) is 0 Å². The molecule has 2 atom stereocenters. The number of hydrogen-bond donors (Lipinski definition) is 1. The molecule has 7 nitrogen and oxygen atoms in total. The normalized spacial score (nSPS) is 25.3. The van der Waals surface area contributed by atoms with Crippen LogP contribution in [0.2, 0.25) is 0 Å². The zero-order valence-corrected chi connectivity index (χ0v) is 13.1. The van der Waals surface area contributed by atoms with Gasteiger partial charge in [0, 0.05) is 26.1 Å². The molecular formula is C15H25N3O4. The van der Waals surface area contributed by atoms with Gasteiger partial charge in [0.15, 0.2) is 0 Å². The number of likely N-dealkylation sites (tertiary alicyclic amines) is 2. The van der Waals surface area contributed by atoms with E-state index in [4.69, 9.17) is 10.5 Å². The van der Waals surface area contributed by atoms with Crippen LogP contribution in [0.15, 0.2) is 0 Å². The van der Waals surface area contributed by atoms with Gasteiger partial charge in [-0.1, -0.05) is 6.92 Å². The van der Waals surface area contributed by atoms with Gasteiger partial charge in [-0.15, -0.1) is 0 Å². The Labute approximate surface area is 130 Å². The molecule has 2 fully saturated rings. The van der Waals surface area contributed by atoms with Crippen molar-refractivity contribution < 1.29 is 19.1 Å². The van der Waals surface area contributed by atoms with Crippen LogP contribution >= 0.6 is 0 Å². The molecule has 2 aliphatic heterocycles. The molecule has 2 rings (SSSR count). The fourth-order valence-electron chi connectivity index (χ4n) is 3.17. The summed E-state index contributed by atoms with van der Waals surface area (Å²) in [5, 5.41) is 0. The first-order chi connectivity index (χ1) is 10.5. The maximum Gasteiger partial charge on any atom is 0.245 e. The van der Waals surface area contributed by atoms with Crippen molar-refractivity contribution in [2.45, 2.75) is 51.2 Å². The second kappa shape index (κ2) is 7.58. The van der Waals surface area contributed by atoms with Crippen molar-refractivity contribution in [3.05, 3.63) is 0 Å². The molecule has 3 amide bonds. The van der Waals surface area contributed by atoms with Crippen LogP contribution in [0, 0.1) is 0 Å². The molecule has 0 aromatic carbocycles. The van der Waals surface area contributed by atoms with Crippen LogP contribution in [-0.2, 0) is 19.1 Å². The Balaban J connectivity index is 1.92. The molecule has 124 valence electrons. The number of rotatable bonds is 5. The standard InChI is InChI=1S/C15H25N3O4/c1-2-14(20)18-7-4-3-5-12(18)15(21)17-8-6-11(9-17)22-10-13(16)19/h11-12H,2-10H2,1H3,(H2,16,19)/t11-,12+/m0/s1. The maximum atomic E-state index is 12.7. The first kappa shape index (κ1) is 16.7. The number of carbonyl (C=O) groups is 3. The summed E-state index contributed by atoms with van der Waals surface area (Å²) < 4.78 is 5.38. The third kappa shape index (κ3) is 3.97. The molecule has 0 bridgehead atoms. The van der Waals surface area contributed by atoms with Crippen LogP contribution < -0.4 is 5.73 Å². The van der Waals surface area contributed by atoms with Gasteiger partial charge >= 0.3 is 0 Å². The van der Waals surface area contributed by atoms with Crippen LogP contribution in [0.3, 0.4) is 0 Å². The molecule has 22 heavy (non-hydrogen) atoms. The van der Waals surface area contributed by atoms with Crippen molar-refractivity contribution in [2.24, 2.45) is 5.73 Å². The van der Waals surface area contributed by atoms with Crippen molar-refractivity contribution >= 4 is 17.7 Å². The highest BCUT2D eigenvalue weighted by Gasteiger charge is 2.37. The summed E-state index contributed by atoms with van der Waals surface area (Å²) in [7, 11) is 0. The van der Waals surface area contributed by atoms with E-state index in [1.807, 2.05) is 6.92 Å². The molecule has 2 aliphatic rings. The van der Waals surface area contributed by atoms with E-state index >= 15 is 0 Å². The summed E-state index contributed by atoms with van der Waals surface area (Å²) in [6.45, 7) is 3.45. The number of amides is 3. The summed E-state index contributed by atoms with van der Waals surface area (Å²) >= 11 is 0. The van der Waals surface area contributed by atoms with Crippen LogP contribution in [0.4, 0.5) is 0 Å². The number of ether oxygens (including phenoxy) is 1. The number of nitrogens with zero attached hydrogens (tertiary/aromatic N) is 2. The minimum Gasteiger partial charge on any atom is -0.368 e. The van der Waals surface area contributed by atoms with E-state index < -0.39 is 5.91 Å². The summed E-state index contributed by atoms with van der Waals surface area (Å²) in [6.07, 6.45) is 3.64. The molecule has 7 heteroatoms. The zero-order chi connectivity index (χ0) is 16.1. The summed E-state index contributed by atoms with van der Waals surface area (Å²) in [4.78, 5) is 38.9. The van der Waals surface area contributed by atoms with Crippen molar-refractivity contribution in [1.29, 1.82) is 0 Å². The minimum absolute atomic E-state index is 0.00618. The number of carbonyl (C=O) groups excluding carboxylic acids is 3. The van der Waals surface area contributed by atoms with E-state index in [0.29, 0.717) is 32.5 Å². The Kier molecular flexibility index (Phi) is 5.76. The largest absolute Gasteiger partial charge is 0.368 e. The summed E-state index contributed by atoms with van der Waals surface area (Å²) in [5.41, 5.74) is 5.06. The van der Waals surface area contributed by atoms with Gasteiger partial charge in [-0.25, -0.2) is 0 Å². The molecule has 2 N–H and O–H groups in total. The van der Waals surface area contributed by atoms with Crippen molar-refractivity contribution in [3.63, 3.8) is 0 Å². The number of primary amides is 1. The fraction of sp³-hybridized carbons (Fsp3) is 0.800. The topological polar surface area (TPSA) is 92.9 Å². The first-order valence-corrected chi connectivity index (χ1v) is 8.01. The molecule has 0 saturated carbocycles. The average Bonchev–Trinajstić information content (AvgIpc) is 3.00. The highest BCUT2D eigenvalue weighted by molar-refractivity contribution is 5.88. The van der Waals surface area contributed by atoms with E-state index in [9.17, 15) is 14.4 Å². The highest BCUT2D eigenvalue weighted by Crippen LogP contribution is 2.22. The lowest BCUT2D eigenvalue weighted by Gasteiger charge is -2.36. The molecule has 0 spiro atoms. The van der Waals surface area contributed by atoms with Gasteiger partial charge in [0.2, 0.25) is 17.7 Å². The van der Waals surface area contributed by atoms with Gasteiger partial charge in [0.25, 0.3) is 0 Å². The summed E-state index contributed by atoms with van der Waals surface area (Å²) in [6, 6.07) is -0.337. The van der Waals surface area contributed by atoms with Crippen LogP contribution in [0.1, 0.15) is 39.0 Å². The quantitative estimate of drug-likeness (QED) is 0.766. The van der Waals surface area contributed by atoms with Gasteiger partial charge in [-0.3, -0.25) is 14.4 Å². The second-order valence-electron chi connectivity index (χ2n) is 5.92. The lowest BCUT2D eigenvalue weighted by molar-refractivity contribution is -0.147. The molecule has 0 aromatic rings. The third-order valence-corrected chi connectivity index (χ3v) is 4.33. The predicted molar refractivity (Wildman–Crippen MR) is 79.8 cm³/mol. The molecule has 2 heterocycles. The van der Waals surface area contributed by atoms with Gasteiger partial charge in [-0.05, 0) is 25.7 Å². The maximum absolute atomic E-state index is 12.7. The van der Waals surface area contributed by atoms with E-state index in [1.165, 1.54) is 0 Å². The van der Waals surface area contributed by atoms with Gasteiger partial charge in [-0.2, -0.15) is 0 Å². The van der Waals surface area contributed by atoms with E-state index in [0.717, 1.165) is 19.3 Å². The van der Waals surface area contributed by atoms with Gasteiger partial charge in [0.1, 0.15) is 12.6 Å². The predicted octanol–water partition coefficient (Wildman–Crippen LogP) is -0.120. The SMILES string of the molecule is CCC(=O)N1CCCC[C@@H]1C(=O)N1CC[C@H](OCC(N)=O)C1. The Morgan fingerprint density at radius 3 is 2.64 bits per heavy atom. The Bertz CT molecular complexity index is 441. The zero-order valence-electron chi connectivity index (χ0n) is 13.1. The van der Waals surface area contributed by atoms with Crippen molar-refractivity contribution in [2.75, 3.05) is 26.2 Å². The number of nitrogens with two attached hydrogens (primary N) is 1. The molecule has 0 aromatic heterocycles. The molecule has 2 saturated heterocycles. The lowest BCUT2D eigenvalue weighted by Crippen LogP contribution is -2.52. The Morgan fingerprint density at radius 2 is 1.95 bits per heavy atom. The van der Waals surface area contributed by atoms with Gasteiger partial charge < -0.3 is 20.3 Å². The molecule has 0 radical (unpaired) electrons. The molecule has 0 aliphatic carbocycles. The second-order valence-corrected chi connectivity index (χ2v) is 5.92. The molecular weight excluding hydrogens is 286 g/mol. The number of piperidine rings is 1. The van der Waals surface area contributed by atoms with Crippen molar-refractivity contribution in [1.82, 2.24) is 9.80 Å². The van der Waals surface area contributed by atoms with Crippen LogP contribution in [-0.4, -0.2) is 65.9 Å². The molecule has 0 unspecified atom stereocenters. The third-order valence-electron chi connectivity index (χ3n) is 4.33. The average molecular weight is 311 g/mol. The van der Waals surface area contributed by atoms with Crippen LogP contribution in [0.5, 0.6) is 0 Å². The van der Waals surface area contributed by atoms with E-state index in [2.05, 4.69) is 0 Å². The Hall–Kier alpha value is -1.63. The first-order valence-electron chi connectivity index (χ1n) is 8.01. The minimum atomic E-state index is -0.503.